The van der Waals surface area contributed by atoms with Crippen molar-refractivity contribution in [3.8, 4) is 0 Å². The third-order valence-corrected chi connectivity index (χ3v) is 8.40. The normalized spacial score (nSPS) is 29.5. The van der Waals surface area contributed by atoms with Crippen LogP contribution in [0, 0.1) is 11.8 Å². The molecule has 4 nitrogen and oxygen atoms in total. The van der Waals surface area contributed by atoms with E-state index in [0.717, 1.165) is 22.3 Å². The zero-order valence-corrected chi connectivity index (χ0v) is 18.5. The Kier molecular flexibility index (Phi) is 3.88. The summed E-state index contributed by atoms with van der Waals surface area (Å²) in [5, 5.41) is 0. The van der Waals surface area contributed by atoms with Crippen molar-refractivity contribution in [3.05, 3.63) is 101 Å². The Morgan fingerprint density at radius 2 is 1.09 bits per heavy atom. The number of nitrogens with zero attached hydrogens (tertiary/aromatic N) is 1. The first-order valence-electron chi connectivity index (χ1n) is 10.4. The van der Waals surface area contributed by atoms with Gasteiger partial charge in [-0.25, -0.2) is 4.90 Å². The lowest BCUT2D eigenvalue weighted by Gasteiger charge is -2.54. The van der Waals surface area contributed by atoms with Gasteiger partial charge in [0.15, 0.2) is 5.78 Å². The molecule has 1 fully saturated rings. The van der Waals surface area contributed by atoms with E-state index in [1.165, 1.54) is 11.8 Å². The lowest BCUT2D eigenvalue weighted by molar-refractivity contribution is -0.122. The van der Waals surface area contributed by atoms with Crippen LogP contribution < -0.4 is 4.90 Å². The zero-order chi connectivity index (χ0) is 22.4. The number of carbonyl (C=O) groups excluding carboxylic acids is 3. The predicted molar refractivity (Wildman–Crippen MR) is 122 cm³/mol. The zero-order valence-electron chi connectivity index (χ0n) is 17.0. The number of ketones is 1. The Morgan fingerprint density at radius 3 is 1.44 bits per heavy atom. The third-order valence-electron chi connectivity index (χ3n) is 7.12. The van der Waals surface area contributed by atoms with Crippen molar-refractivity contribution in [3.63, 3.8) is 0 Å². The number of carbonyl (C=O) groups is 3. The van der Waals surface area contributed by atoms with Gasteiger partial charge in [-0.3, -0.25) is 14.4 Å². The number of alkyl halides is 2. The van der Waals surface area contributed by atoms with Crippen molar-refractivity contribution < 1.29 is 14.4 Å². The van der Waals surface area contributed by atoms with Crippen molar-refractivity contribution in [2.24, 2.45) is 11.8 Å². The van der Waals surface area contributed by atoms with Crippen LogP contribution in [0.4, 0.5) is 5.69 Å². The van der Waals surface area contributed by atoms with Crippen LogP contribution in [0.1, 0.15) is 39.5 Å². The Hall–Kier alpha value is -2.95. The lowest BCUT2D eigenvalue weighted by Crippen LogP contribution is -2.57. The van der Waals surface area contributed by atoms with E-state index in [0.29, 0.717) is 11.3 Å². The lowest BCUT2D eigenvalue weighted by atomic mass is 9.54. The van der Waals surface area contributed by atoms with Crippen molar-refractivity contribution >= 4 is 46.5 Å². The van der Waals surface area contributed by atoms with Crippen molar-refractivity contribution in [2.75, 3.05) is 4.90 Å². The highest BCUT2D eigenvalue weighted by Gasteiger charge is 2.73. The molecule has 2 amide bonds. The van der Waals surface area contributed by atoms with Gasteiger partial charge in [-0.05, 0) is 53.4 Å². The van der Waals surface area contributed by atoms with Gasteiger partial charge in [-0.2, -0.15) is 0 Å². The van der Waals surface area contributed by atoms with Gasteiger partial charge < -0.3 is 0 Å². The molecular weight excluding hydrogens is 445 g/mol. The highest BCUT2D eigenvalue weighted by Crippen LogP contribution is 2.69. The molecule has 6 heteroatoms. The molecule has 3 aromatic rings. The van der Waals surface area contributed by atoms with Crippen molar-refractivity contribution in [1.82, 2.24) is 0 Å². The number of benzene rings is 3. The maximum atomic E-state index is 13.8. The fourth-order valence-electron chi connectivity index (χ4n) is 5.77. The number of Topliss-reactive ketones (excluding diaryl/α,β-unsaturated/α-hetero) is 1. The second-order valence-corrected chi connectivity index (χ2v) is 9.78. The van der Waals surface area contributed by atoms with Gasteiger partial charge in [-0.1, -0.05) is 48.5 Å². The van der Waals surface area contributed by atoms with Crippen LogP contribution in [-0.4, -0.2) is 17.6 Å². The van der Waals surface area contributed by atoms with Gasteiger partial charge in [0.2, 0.25) is 11.8 Å². The monoisotopic (exact) mass is 461 g/mol. The van der Waals surface area contributed by atoms with E-state index in [-0.39, 0.29) is 17.6 Å². The van der Waals surface area contributed by atoms with Crippen LogP contribution in [0.5, 0.6) is 0 Å². The number of imide groups is 1. The summed E-state index contributed by atoms with van der Waals surface area (Å²) in [6.45, 7) is 1.47. The highest BCUT2D eigenvalue weighted by atomic mass is 35.5. The smallest absolute Gasteiger partial charge is 0.240 e. The molecule has 1 heterocycles. The molecule has 7 rings (SSSR count). The molecule has 1 aliphatic heterocycles. The van der Waals surface area contributed by atoms with Crippen LogP contribution in [-0.2, 0) is 19.3 Å². The summed E-state index contributed by atoms with van der Waals surface area (Å²) < 4.78 is 0. The van der Waals surface area contributed by atoms with Gasteiger partial charge >= 0.3 is 0 Å². The SMILES string of the molecule is CC(=O)c1ccc(N2C(=O)[C@H]3[C@H](C2=O)C2(Cl)c4ccccc4C3(Cl)c3ccccc32)cc1. The molecule has 0 aromatic heterocycles. The quantitative estimate of drug-likeness (QED) is 0.307. The minimum absolute atomic E-state index is 0.0901. The molecule has 32 heavy (non-hydrogen) atoms. The molecule has 0 spiro atoms. The second kappa shape index (κ2) is 6.31. The Bertz CT molecular complexity index is 1230. The Balaban J connectivity index is 1.60. The first kappa shape index (κ1) is 19.7. The van der Waals surface area contributed by atoms with E-state index in [1.807, 2.05) is 48.5 Å². The fraction of sp³-hybridized carbons (Fsp3) is 0.192. The fourth-order valence-corrected chi connectivity index (χ4v) is 6.86. The third kappa shape index (κ3) is 2.12. The molecule has 0 saturated carbocycles. The number of hydrogen-bond donors (Lipinski definition) is 0. The van der Waals surface area contributed by atoms with Crippen LogP contribution in [0.2, 0.25) is 0 Å². The number of rotatable bonds is 2. The van der Waals surface area contributed by atoms with E-state index >= 15 is 0 Å². The maximum absolute atomic E-state index is 13.8. The summed E-state index contributed by atoms with van der Waals surface area (Å²) in [5.74, 6) is -2.52. The van der Waals surface area contributed by atoms with Gasteiger partial charge in [0.05, 0.1) is 17.5 Å². The van der Waals surface area contributed by atoms with Gasteiger partial charge in [0, 0.05) is 5.56 Å². The van der Waals surface area contributed by atoms with Gasteiger partial charge in [-0.15, -0.1) is 23.2 Å². The van der Waals surface area contributed by atoms with Crippen LogP contribution in [0.3, 0.4) is 0 Å². The first-order valence-corrected chi connectivity index (χ1v) is 11.1. The van der Waals surface area contributed by atoms with Gasteiger partial charge in [0.25, 0.3) is 0 Å². The summed E-state index contributed by atoms with van der Waals surface area (Å²) in [4.78, 5) is 38.1. The summed E-state index contributed by atoms with van der Waals surface area (Å²) in [5.41, 5.74) is 4.00. The summed E-state index contributed by atoms with van der Waals surface area (Å²) in [6, 6.07) is 21.6. The molecule has 0 radical (unpaired) electrons. The largest absolute Gasteiger partial charge is 0.295 e. The summed E-state index contributed by atoms with van der Waals surface area (Å²) >= 11 is 14.8. The number of hydrogen-bond acceptors (Lipinski definition) is 3. The number of amides is 2. The molecule has 1 saturated heterocycles. The van der Waals surface area contributed by atoms with E-state index in [2.05, 4.69) is 0 Å². The van der Waals surface area contributed by atoms with Gasteiger partial charge in [0.1, 0.15) is 9.75 Å². The highest BCUT2D eigenvalue weighted by molar-refractivity contribution is 6.38. The van der Waals surface area contributed by atoms with E-state index < -0.39 is 21.6 Å². The van der Waals surface area contributed by atoms with E-state index in [4.69, 9.17) is 23.2 Å². The van der Waals surface area contributed by atoms with Crippen LogP contribution in [0.15, 0.2) is 72.8 Å². The minimum Gasteiger partial charge on any atom is -0.295 e. The molecule has 4 aliphatic rings. The minimum atomic E-state index is -1.20. The summed E-state index contributed by atoms with van der Waals surface area (Å²) in [6.07, 6.45) is 0. The van der Waals surface area contributed by atoms with E-state index in [9.17, 15) is 14.4 Å². The van der Waals surface area contributed by atoms with Crippen LogP contribution in [0.25, 0.3) is 0 Å². The molecule has 2 bridgehead atoms. The number of halogens is 2. The molecule has 0 unspecified atom stereocenters. The second-order valence-electron chi connectivity index (χ2n) is 8.58. The molecule has 3 aromatic carbocycles. The standard InChI is InChI=1S/C26H17Cl2NO3/c1-14(30)15-10-12-16(13-11-15)29-23(31)21-22(24(29)32)26(28)18-7-3-2-6-17(18)25(21,27)19-8-4-5-9-20(19)26/h2-13,21-22H,1H3/t21-,22-,25?,26?/m1/s1. The maximum Gasteiger partial charge on any atom is 0.240 e. The molecule has 3 aliphatic carbocycles. The van der Waals surface area contributed by atoms with Crippen molar-refractivity contribution in [2.45, 2.75) is 16.7 Å². The van der Waals surface area contributed by atoms with E-state index in [1.54, 1.807) is 24.3 Å². The summed E-state index contributed by atoms with van der Waals surface area (Å²) in [7, 11) is 0. The first-order chi connectivity index (χ1) is 15.3. The Morgan fingerprint density at radius 1 is 0.719 bits per heavy atom. The molecule has 0 N–H and O–H groups in total. The Labute approximate surface area is 194 Å². The molecular formula is C26H17Cl2NO3. The predicted octanol–water partition coefficient (Wildman–Crippen LogP) is 4.99. The van der Waals surface area contributed by atoms with Crippen LogP contribution >= 0.6 is 23.2 Å². The molecule has 2 atom stereocenters. The average molecular weight is 462 g/mol. The average Bonchev–Trinajstić information content (AvgIpc) is 3.08. The number of anilines is 1. The topological polar surface area (TPSA) is 54.5 Å². The van der Waals surface area contributed by atoms with Crippen molar-refractivity contribution in [1.29, 1.82) is 0 Å². The molecule has 158 valence electrons.